The minimum Gasteiger partial charge on any atom is -0.312 e. The van der Waals surface area contributed by atoms with E-state index in [9.17, 15) is 8.42 Å². The third-order valence-corrected chi connectivity index (χ3v) is 5.41. The Morgan fingerprint density at radius 3 is 3.06 bits per heavy atom. The van der Waals surface area contributed by atoms with E-state index in [0.29, 0.717) is 19.0 Å². The van der Waals surface area contributed by atoms with E-state index in [1.165, 1.54) is 11.1 Å². The summed E-state index contributed by atoms with van der Waals surface area (Å²) in [5.41, 5.74) is 0. The molecule has 0 aliphatic carbocycles. The molecule has 6 heteroatoms. The molecule has 1 atom stereocenters. The van der Waals surface area contributed by atoms with E-state index in [2.05, 4.69) is 16.8 Å². The van der Waals surface area contributed by atoms with Gasteiger partial charge >= 0.3 is 0 Å². The molecule has 2 rings (SSSR count). The largest absolute Gasteiger partial charge is 0.312 e. The summed E-state index contributed by atoms with van der Waals surface area (Å²) in [6.45, 7) is 3.12. The maximum Gasteiger partial charge on any atom is 0.211 e. The lowest BCUT2D eigenvalue weighted by atomic mass is 10.00. The van der Waals surface area contributed by atoms with Crippen molar-refractivity contribution in [3.05, 3.63) is 22.4 Å². The van der Waals surface area contributed by atoms with Crippen molar-refractivity contribution >= 4 is 21.4 Å². The standard InChI is InChI=1S/C12H20N2O2S2/c1-18(15,16)14-6-2-4-11(10-14)8-13-9-12-5-3-7-17-12/h3,5,7,11,13H,2,4,6,8-10H2,1H3. The Labute approximate surface area is 113 Å². The summed E-state index contributed by atoms with van der Waals surface area (Å²) in [6.07, 6.45) is 3.39. The van der Waals surface area contributed by atoms with Crippen molar-refractivity contribution in [1.82, 2.24) is 9.62 Å². The first-order valence-electron chi connectivity index (χ1n) is 6.24. The molecule has 1 saturated heterocycles. The third-order valence-electron chi connectivity index (χ3n) is 3.26. The summed E-state index contributed by atoms with van der Waals surface area (Å²) in [7, 11) is -3.02. The van der Waals surface area contributed by atoms with E-state index in [4.69, 9.17) is 0 Å². The molecule has 1 fully saturated rings. The minimum absolute atomic E-state index is 0.438. The van der Waals surface area contributed by atoms with E-state index in [1.807, 2.05) is 6.07 Å². The molecule has 2 heterocycles. The summed E-state index contributed by atoms with van der Waals surface area (Å²) in [5, 5.41) is 5.49. The van der Waals surface area contributed by atoms with Crippen molar-refractivity contribution in [2.75, 3.05) is 25.9 Å². The van der Waals surface area contributed by atoms with E-state index < -0.39 is 10.0 Å². The fraction of sp³-hybridized carbons (Fsp3) is 0.667. The second-order valence-corrected chi connectivity index (χ2v) is 7.85. The number of nitrogens with zero attached hydrogens (tertiary/aromatic N) is 1. The topological polar surface area (TPSA) is 49.4 Å². The van der Waals surface area contributed by atoms with Gasteiger partial charge in [-0.25, -0.2) is 12.7 Å². The Bertz CT molecular complexity index is 456. The number of sulfonamides is 1. The molecule has 1 aliphatic heterocycles. The first-order chi connectivity index (χ1) is 8.55. The normalized spacial score (nSPS) is 22.2. The van der Waals surface area contributed by atoms with Crippen molar-refractivity contribution in [1.29, 1.82) is 0 Å². The van der Waals surface area contributed by atoms with Gasteiger partial charge in [0, 0.05) is 24.5 Å². The Hall–Kier alpha value is -0.430. The van der Waals surface area contributed by atoms with Gasteiger partial charge in [0.15, 0.2) is 0 Å². The lowest BCUT2D eigenvalue weighted by molar-refractivity contribution is 0.261. The highest BCUT2D eigenvalue weighted by Gasteiger charge is 2.25. The molecule has 0 bridgehead atoms. The molecule has 1 unspecified atom stereocenters. The summed E-state index contributed by atoms with van der Waals surface area (Å²) in [5.74, 6) is 0.438. The van der Waals surface area contributed by atoms with Crippen LogP contribution in [0.2, 0.25) is 0 Å². The van der Waals surface area contributed by atoms with Gasteiger partial charge in [-0.3, -0.25) is 0 Å². The lowest BCUT2D eigenvalue weighted by Crippen LogP contribution is -2.42. The van der Waals surface area contributed by atoms with E-state index in [1.54, 1.807) is 15.6 Å². The predicted octanol–water partition coefficient (Wildman–Crippen LogP) is 1.51. The van der Waals surface area contributed by atoms with Crippen LogP contribution in [0, 0.1) is 5.92 Å². The van der Waals surface area contributed by atoms with Gasteiger partial charge in [-0.05, 0) is 36.8 Å². The molecule has 102 valence electrons. The molecule has 1 aliphatic rings. The average molecular weight is 288 g/mol. The number of thiophene rings is 1. The molecule has 0 spiro atoms. The summed E-state index contributed by atoms with van der Waals surface area (Å²) < 4.78 is 24.6. The Morgan fingerprint density at radius 1 is 1.56 bits per heavy atom. The van der Waals surface area contributed by atoms with Crippen LogP contribution in [0.25, 0.3) is 0 Å². The van der Waals surface area contributed by atoms with Crippen LogP contribution in [0.5, 0.6) is 0 Å². The first kappa shape index (κ1) is 14.0. The zero-order chi connectivity index (χ0) is 13.0. The van der Waals surface area contributed by atoms with Crippen LogP contribution in [0.15, 0.2) is 17.5 Å². The quantitative estimate of drug-likeness (QED) is 0.893. The fourth-order valence-corrected chi connectivity index (χ4v) is 3.92. The Morgan fingerprint density at radius 2 is 2.39 bits per heavy atom. The van der Waals surface area contributed by atoms with Gasteiger partial charge in [-0.1, -0.05) is 6.07 Å². The van der Waals surface area contributed by atoms with Crippen LogP contribution in [0.1, 0.15) is 17.7 Å². The highest BCUT2D eigenvalue weighted by molar-refractivity contribution is 7.88. The van der Waals surface area contributed by atoms with Gasteiger partial charge in [0.05, 0.1) is 6.26 Å². The molecule has 4 nitrogen and oxygen atoms in total. The van der Waals surface area contributed by atoms with Crippen molar-refractivity contribution in [3.63, 3.8) is 0 Å². The number of rotatable bonds is 5. The molecule has 0 amide bonds. The Balaban J connectivity index is 1.76. The van der Waals surface area contributed by atoms with Gasteiger partial charge in [0.25, 0.3) is 0 Å². The molecular weight excluding hydrogens is 268 g/mol. The van der Waals surface area contributed by atoms with Crippen molar-refractivity contribution < 1.29 is 8.42 Å². The number of piperidine rings is 1. The highest BCUT2D eigenvalue weighted by Crippen LogP contribution is 2.18. The summed E-state index contributed by atoms with van der Waals surface area (Å²) in [4.78, 5) is 1.32. The van der Waals surface area contributed by atoms with Crippen LogP contribution < -0.4 is 5.32 Å². The van der Waals surface area contributed by atoms with Gasteiger partial charge < -0.3 is 5.32 Å². The predicted molar refractivity (Wildman–Crippen MR) is 75.2 cm³/mol. The fourth-order valence-electron chi connectivity index (χ4n) is 2.31. The first-order valence-corrected chi connectivity index (χ1v) is 8.97. The monoisotopic (exact) mass is 288 g/mol. The van der Waals surface area contributed by atoms with E-state index >= 15 is 0 Å². The van der Waals surface area contributed by atoms with Crippen LogP contribution in [0.4, 0.5) is 0 Å². The molecule has 18 heavy (non-hydrogen) atoms. The number of hydrogen-bond acceptors (Lipinski definition) is 4. The number of hydrogen-bond donors (Lipinski definition) is 1. The molecule has 1 aromatic heterocycles. The SMILES string of the molecule is CS(=O)(=O)N1CCCC(CNCc2cccs2)C1. The molecule has 1 N–H and O–H groups in total. The van der Waals surface area contributed by atoms with Crippen LogP contribution in [-0.4, -0.2) is 38.6 Å². The maximum absolute atomic E-state index is 11.5. The highest BCUT2D eigenvalue weighted by atomic mass is 32.2. The van der Waals surface area contributed by atoms with Crippen molar-refractivity contribution in [2.45, 2.75) is 19.4 Å². The van der Waals surface area contributed by atoms with Crippen molar-refractivity contribution in [3.8, 4) is 0 Å². The van der Waals surface area contributed by atoms with Crippen LogP contribution in [0.3, 0.4) is 0 Å². The van der Waals surface area contributed by atoms with Crippen LogP contribution >= 0.6 is 11.3 Å². The maximum atomic E-state index is 11.5. The molecule has 0 aromatic carbocycles. The second-order valence-electron chi connectivity index (χ2n) is 4.84. The van der Waals surface area contributed by atoms with Crippen molar-refractivity contribution in [2.24, 2.45) is 5.92 Å². The molecule has 1 aromatic rings. The van der Waals surface area contributed by atoms with Gasteiger partial charge in [-0.15, -0.1) is 11.3 Å². The summed E-state index contributed by atoms with van der Waals surface area (Å²) in [6, 6.07) is 4.16. The lowest BCUT2D eigenvalue weighted by Gasteiger charge is -2.31. The molecule has 0 radical (unpaired) electrons. The second kappa shape index (κ2) is 6.14. The zero-order valence-corrected chi connectivity index (χ0v) is 12.3. The number of nitrogens with one attached hydrogen (secondary N) is 1. The smallest absolute Gasteiger partial charge is 0.211 e. The zero-order valence-electron chi connectivity index (χ0n) is 10.6. The minimum atomic E-state index is -3.02. The van der Waals surface area contributed by atoms with E-state index in [0.717, 1.165) is 25.9 Å². The van der Waals surface area contributed by atoms with Crippen LogP contribution in [-0.2, 0) is 16.6 Å². The van der Waals surface area contributed by atoms with Gasteiger partial charge in [-0.2, -0.15) is 0 Å². The third kappa shape index (κ3) is 4.05. The molecular formula is C12H20N2O2S2. The van der Waals surface area contributed by atoms with E-state index in [-0.39, 0.29) is 0 Å². The van der Waals surface area contributed by atoms with Gasteiger partial charge in [0.2, 0.25) is 10.0 Å². The average Bonchev–Trinajstić information content (AvgIpc) is 2.81. The Kier molecular flexibility index (Phi) is 4.77. The summed E-state index contributed by atoms with van der Waals surface area (Å²) >= 11 is 1.75. The molecule has 0 saturated carbocycles. The van der Waals surface area contributed by atoms with Gasteiger partial charge in [0.1, 0.15) is 0 Å².